The third-order valence-electron chi connectivity index (χ3n) is 3.04. The Kier molecular flexibility index (Phi) is 3.88. The Balaban J connectivity index is 2.18. The Labute approximate surface area is 115 Å². The fourth-order valence-electron chi connectivity index (χ4n) is 2.07. The van der Waals surface area contributed by atoms with Gasteiger partial charge < -0.3 is 10.1 Å². The maximum atomic E-state index is 12.2. The molecular weight excluding hydrogens is 262 g/mol. The summed E-state index contributed by atoms with van der Waals surface area (Å²) in [5.74, 6) is -1.29. The van der Waals surface area contributed by atoms with Crippen LogP contribution in [0.2, 0.25) is 0 Å². The van der Waals surface area contributed by atoms with Crippen molar-refractivity contribution in [2.45, 2.75) is 12.3 Å². The predicted octanol–water partition coefficient (Wildman–Crippen LogP) is 0.842. The van der Waals surface area contributed by atoms with Gasteiger partial charge in [0.15, 0.2) is 0 Å². The molecule has 0 saturated carbocycles. The Bertz CT molecular complexity index is 558. The second-order valence-corrected chi connectivity index (χ2v) is 4.40. The van der Waals surface area contributed by atoms with Crippen molar-refractivity contribution < 1.29 is 19.1 Å². The van der Waals surface area contributed by atoms with Gasteiger partial charge in [-0.2, -0.15) is 0 Å². The predicted molar refractivity (Wildman–Crippen MR) is 70.7 cm³/mol. The number of carbonyl (C=O) groups excluding carboxylic acids is 3. The standard InChI is InChI=1S/C13H15N3O4/c1-16(13(19)20-2)15-12(18)9-7-11(17)14-10-6-4-3-5-8(9)10/h3-6,9H,7H2,1-2H3,(H,14,17)(H,15,18). The molecular formula is C13H15N3O4. The first-order valence-electron chi connectivity index (χ1n) is 6.04. The van der Waals surface area contributed by atoms with Gasteiger partial charge in [-0.1, -0.05) is 18.2 Å². The number of para-hydroxylation sites is 1. The van der Waals surface area contributed by atoms with Crippen LogP contribution in [0.15, 0.2) is 24.3 Å². The topological polar surface area (TPSA) is 87.7 Å². The lowest BCUT2D eigenvalue weighted by molar-refractivity contribution is -0.129. The summed E-state index contributed by atoms with van der Waals surface area (Å²) in [7, 11) is 2.59. The van der Waals surface area contributed by atoms with E-state index in [0.29, 0.717) is 5.69 Å². The van der Waals surface area contributed by atoms with Gasteiger partial charge in [0.1, 0.15) is 0 Å². The van der Waals surface area contributed by atoms with E-state index in [-0.39, 0.29) is 12.3 Å². The van der Waals surface area contributed by atoms with Crippen molar-refractivity contribution in [1.82, 2.24) is 10.4 Å². The second-order valence-electron chi connectivity index (χ2n) is 4.40. The lowest BCUT2D eigenvalue weighted by atomic mass is 9.90. The zero-order chi connectivity index (χ0) is 14.7. The van der Waals surface area contributed by atoms with E-state index in [1.807, 2.05) is 0 Å². The Morgan fingerprint density at radius 3 is 2.80 bits per heavy atom. The molecule has 1 aliphatic rings. The van der Waals surface area contributed by atoms with Crippen LogP contribution in [0.4, 0.5) is 10.5 Å². The number of nitrogens with one attached hydrogen (secondary N) is 2. The maximum absolute atomic E-state index is 12.2. The molecule has 0 bridgehead atoms. The number of hydrogen-bond acceptors (Lipinski definition) is 4. The smallest absolute Gasteiger partial charge is 0.428 e. The van der Waals surface area contributed by atoms with Gasteiger partial charge in [0.2, 0.25) is 11.8 Å². The molecule has 0 spiro atoms. The highest BCUT2D eigenvalue weighted by molar-refractivity contribution is 6.01. The van der Waals surface area contributed by atoms with Crippen LogP contribution >= 0.6 is 0 Å². The molecule has 106 valence electrons. The van der Waals surface area contributed by atoms with E-state index in [9.17, 15) is 14.4 Å². The van der Waals surface area contributed by atoms with Gasteiger partial charge in [-0.25, -0.2) is 9.80 Å². The zero-order valence-electron chi connectivity index (χ0n) is 11.2. The molecule has 0 saturated heterocycles. The number of hydrogen-bond donors (Lipinski definition) is 2. The van der Waals surface area contributed by atoms with E-state index in [2.05, 4.69) is 15.5 Å². The minimum atomic E-state index is -0.688. The van der Waals surface area contributed by atoms with Crippen LogP contribution in [0, 0.1) is 0 Å². The van der Waals surface area contributed by atoms with Crippen molar-refractivity contribution in [3.8, 4) is 0 Å². The summed E-state index contributed by atoms with van der Waals surface area (Å²) in [6, 6.07) is 7.08. The number of anilines is 1. The summed E-state index contributed by atoms with van der Waals surface area (Å²) in [5.41, 5.74) is 3.74. The van der Waals surface area contributed by atoms with Crippen molar-refractivity contribution in [2.24, 2.45) is 0 Å². The number of fused-ring (bicyclic) bond motifs is 1. The molecule has 0 fully saturated rings. The van der Waals surface area contributed by atoms with Crippen molar-refractivity contribution in [2.75, 3.05) is 19.5 Å². The summed E-state index contributed by atoms with van der Waals surface area (Å²) in [6.45, 7) is 0. The highest BCUT2D eigenvalue weighted by atomic mass is 16.5. The van der Waals surface area contributed by atoms with Gasteiger partial charge in [0.25, 0.3) is 0 Å². The molecule has 0 aromatic heterocycles. The van der Waals surface area contributed by atoms with Crippen LogP contribution in [-0.2, 0) is 14.3 Å². The number of amides is 3. The molecule has 1 aromatic carbocycles. The number of nitrogens with zero attached hydrogens (tertiary/aromatic N) is 1. The minimum Gasteiger partial charge on any atom is -0.452 e. The molecule has 7 nitrogen and oxygen atoms in total. The first-order valence-corrected chi connectivity index (χ1v) is 6.04. The van der Waals surface area contributed by atoms with E-state index in [1.165, 1.54) is 14.2 Å². The van der Waals surface area contributed by atoms with Gasteiger partial charge in [-0.15, -0.1) is 0 Å². The summed E-state index contributed by atoms with van der Waals surface area (Å²) in [6.07, 6.45) is -0.649. The maximum Gasteiger partial charge on any atom is 0.428 e. The van der Waals surface area contributed by atoms with Crippen molar-refractivity contribution in [3.63, 3.8) is 0 Å². The number of rotatable bonds is 1. The third-order valence-corrected chi connectivity index (χ3v) is 3.04. The first-order chi connectivity index (χ1) is 9.52. The van der Waals surface area contributed by atoms with Gasteiger partial charge in [0, 0.05) is 19.2 Å². The quantitative estimate of drug-likeness (QED) is 0.745. The number of hydrazine groups is 1. The Morgan fingerprint density at radius 1 is 1.40 bits per heavy atom. The van der Waals surface area contributed by atoms with Crippen molar-refractivity contribution >= 4 is 23.6 Å². The number of benzene rings is 1. The fraction of sp³-hybridized carbons (Fsp3) is 0.308. The molecule has 0 aliphatic carbocycles. The molecule has 1 aromatic rings. The van der Waals surface area contributed by atoms with Crippen LogP contribution < -0.4 is 10.7 Å². The molecule has 2 rings (SSSR count). The van der Waals surface area contributed by atoms with E-state index >= 15 is 0 Å². The molecule has 1 atom stereocenters. The van der Waals surface area contributed by atoms with E-state index in [0.717, 1.165) is 10.6 Å². The van der Waals surface area contributed by atoms with Gasteiger partial charge in [-0.3, -0.25) is 15.0 Å². The highest BCUT2D eigenvalue weighted by Crippen LogP contribution is 2.31. The van der Waals surface area contributed by atoms with E-state index in [4.69, 9.17) is 0 Å². The summed E-state index contributed by atoms with van der Waals surface area (Å²) in [5, 5.41) is 3.65. The molecule has 0 radical (unpaired) electrons. The van der Waals surface area contributed by atoms with Gasteiger partial charge in [0.05, 0.1) is 13.0 Å². The van der Waals surface area contributed by atoms with Crippen LogP contribution in [0.5, 0.6) is 0 Å². The molecule has 3 amide bonds. The lowest BCUT2D eigenvalue weighted by Crippen LogP contribution is -2.46. The van der Waals surface area contributed by atoms with Crippen molar-refractivity contribution in [3.05, 3.63) is 29.8 Å². The number of carbonyl (C=O) groups is 3. The van der Waals surface area contributed by atoms with Gasteiger partial charge in [-0.05, 0) is 11.6 Å². The normalized spacial score (nSPS) is 16.7. The first kappa shape index (κ1) is 13.9. The molecule has 1 aliphatic heterocycles. The number of ether oxygens (including phenoxy) is 1. The average molecular weight is 277 g/mol. The highest BCUT2D eigenvalue weighted by Gasteiger charge is 2.31. The summed E-state index contributed by atoms with van der Waals surface area (Å²) < 4.78 is 4.48. The van der Waals surface area contributed by atoms with E-state index in [1.54, 1.807) is 24.3 Å². The lowest BCUT2D eigenvalue weighted by Gasteiger charge is -2.26. The largest absolute Gasteiger partial charge is 0.452 e. The minimum absolute atomic E-state index is 0.0395. The average Bonchev–Trinajstić information content (AvgIpc) is 2.45. The zero-order valence-corrected chi connectivity index (χ0v) is 11.2. The monoisotopic (exact) mass is 277 g/mol. The van der Waals surface area contributed by atoms with Crippen LogP contribution in [0.1, 0.15) is 17.9 Å². The second kappa shape index (κ2) is 5.60. The molecule has 1 unspecified atom stereocenters. The molecule has 1 heterocycles. The van der Waals surface area contributed by atoms with Crippen LogP contribution in [0.3, 0.4) is 0 Å². The van der Waals surface area contributed by atoms with Crippen LogP contribution in [-0.4, -0.2) is 37.1 Å². The third kappa shape index (κ3) is 2.71. The fourth-order valence-corrected chi connectivity index (χ4v) is 2.07. The Morgan fingerprint density at radius 2 is 2.10 bits per heavy atom. The van der Waals surface area contributed by atoms with Gasteiger partial charge >= 0.3 is 6.09 Å². The van der Waals surface area contributed by atoms with E-state index < -0.39 is 17.9 Å². The molecule has 7 heteroatoms. The Hall–Kier alpha value is -2.57. The summed E-state index contributed by atoms with van der Waals surface area (Å²) in [4.78, 5) is 35.1. The molecule has 20 heavy (non-hydrogen) atoms. The van der Waals surface area contributed by atoms with Crippen molar-refractivity contribution in [1.29, 1.82) is 0 Å². The molecule has 2 N–H and O–H groups in total. The summed E-state index contributed by atoms with van der Waals surface area (Å²) >= 11 is 0. The number of methoxy groups -OCH3 is 1. The SMILES string of the molecule is COC(=O)N(C)NC(=O)C1CC(=O)Nc2ccccc21. The van der Waals surface area contributed by atoms with Crippen LogP contribution in [0.25, 0.3) is 0 Å².